The maximum atomic E-state index is 4.91. The Morgan fingerprint density at radius 3 is 2.23 bits per heavy atom. The smallest absolute Gasteiger partial charge is 0.0698 e. The van der Waals surface area contributed by atoms with Gasteiger partial charge >= 0.3 is 0 Å². The van der Waals surface area contributed by atoms with E-state index in [9.17, 15) is 0 Å². The van der Waals surface area contributed by atoms with E-state index in [4.69, 9.17) is 4.99 Å². The first-order valence-corrected chi connectivity index (χ1v) is 16.8. The first-order chi connectivity index (χ1) is 22.9. The fraction of sp³-hybridized carbons (Fsp3) is 0.227. The highest BCUT2D eigenvalue weighted by atomic mass is 15.0. The van der Waals surface area contributed by atoms with Gasteiger partial charge in [-0.2, -0.15) is 0 Å². The van der Waals surface area contributed by atoms with Crippen LogP contribution in [0.25, 0.3) is 38.6 Å². The van der Waals surface area contributed by atoms with Crippen molar-refractivity contribution in [2.24, 2.45) is 15.9 Å². The highest BCUT2D eigenvalue weighted by molar-refractivity contribution is 6.17. The number of fused-ring (bicyclic) bond motifs is 3. The molecule has 3 heteroatoms. The van der Waals surface area contributed by atoms with Crippen LogP contribution in [0.15, 0.2) is 144 Å². The SMILES string of the molecule is C/C=C/C(=C\C=C/N=C(/C=C/[C@H](C)CCC)c1ccccc1)n1c2ccccc2c2c(-c3ccccc3C)c(C)ccc21.C=NCC. The molecule has 0 radical (unpaired) electrons. The van der Waals surface area contributed by atoms with Gasteiger partial charge in [0.15, 0.2) is 0 Å². The zero-order valence-corrected chi connectivity index (χ0v) is 28.9. The molecule has 0 unspecified atom stereocenters. The van der Waals surface area contributed by atoms with Gasteiger partial charge in [0.05, 0.1) is 16.7 Å². The molecule has 0 saturated carbocycles. The third-order valence-corrected chi connectivity index (χ3v) is 8.24. The van der Waals surface area contributed by atoms with Crippen LogP contribution in [0, 0.1) is 19.8 Å². The monoisotopic (exact) mass is 619 g/mol. The van der Waals surface area contributed by atoms with E-state index in [1.165, 1.54) is 56.9 Å². The second kappa shape index (κ2) is 17.6. The fourth-order valence-electron chi connectivity index (χ4n) is 5.91. The molecule has 0 aliphatic carbocycles. The van der Waals surface area contributed by atoms with Gasteiger partial charge in [-0.3, -0.25) is 4.99 Å². The predicted octanol–water partition coefficient (Wildman–Crippen LogP) is 12.2. The van der Waals surface area contributed by atoms with Crippen LogP contribution >= 0.6 is 0 Å². The summed E-state index contributed by atoms with van der Waals surface area (Å²) in [6, 6.07) is 32.4. The van der Waals surface area contributed by atoms with E-state index in [0.717, 1.165) is 23.5 Å². The summed E-state index contributed by atoms with van der Waals surface area (Å²) < 4.78 is 2.38. The van der Waals surface area contributed by atoms with E-state index in [1.807, 2.05) is 19.2 Å². The minimum atomic E-state index is 0.521. The van der Waals surface area contributed by atoms with Crippen LogP contribution in [0.5, 0.6) is 0 Å². The van der Waals surface area contributed by atoms with Gasteiger partial charge in [-0.25, -0.2) is 0 Å². The van der Waals surface area contributed by atoms with Gasteiger partial charge in [-0.05, 0) is 105 Å². The molecule has 4 aromatic carbocycles. The predicted molar refractivity (Wildman–Crippen MR) is 209 cm³/mol. The van der Waals surface area contributed by atoms with Crippen LogP contribution in [-0.4, -0.2) is 23.5 Å². The van der Waals surface area contributed by atoms with Crippen LogP contribution in [0.3, 0.4) is 0 Å². The lowest BCUT2D eigenvalue weighted by Gasteiger charge is -2.13. The van der Waals surface area contributed by atoms with Crippen molar-refractivity contribution in [3.63, 3.8) is 0 Å². The van der Waals surface area contributed by atoms with Crippen molar-refractivity contribution in [3.05, 3.63) is 150 Å². The van der Waals surface area contributed by atoms with Crippen LogP contribution in [0.4, 0.5) is 0 Å². The Morgan fingerprint density at radius 2 is 1.53 bits per heavy atom. The molecule has 0 fully saturated rings. The molecule has 1 aromatic heterocycles. The summed E-state index contributed by atoms with van der Waals surface area (Å²) in [6.45, 7) is 17.0. The topological polar surface area (TPSA) is 29.6 Å². The largest absolute Gasteiger partial charge is 0.309 e. The lowest BCUT2D eigenvalue weighted by Crippen LogP contribution is -1.97. The molecule has 240 valence electrons. The Kier molecular flexibility index (Phi) is 13.1. The second-order valence-electron chi connectivity index (χ2n) is 11.8. The Labute approximate surface area is 282 Å². The number of aliphatic imine (C=N–C) groups is 2. The van der Waals surface area contributed by atoms with Gasteiger partial charge in [0.1, 0.15) is 0 Å². The lowest BCUT2D eigenvalue weighted by molar-refractivity contribution is 0.634. The summed E-state index contributed by atoms with van der Waals surface area (Å²) in [4.78, 5) is 8.40. The first-order valence-electron chi connectivity index (χ1n) is 16.8. The number of para-hydroxylation sites is 1. The molecule has 0 bridgehead atoms. The fourth-order valence-corrected chi connectivity index (χ4v) is 5.91. The Bertz CT molecular complexity index is 1930. The van der Waals surface area contributed by atoms with Crippen molar-refractivity contribution in [1.29, 1.82) is 0 Å². The van der Waals surface area contributed by atoms with Crippen molar-refractivity contribution in [2.45, 2.75) is 54.4 Å². The number of aryl methyl sites for hydroxylation is 2. The molecule has 1 atom stereocenters. The van der Waals surface area contributed by atoms with Crippen molar-refractivity contribution in [1.82, 2.24) is 4.57 Å². The standard InChI is InChI=1S/C41H42N2.C3H7N/c1-6-16-30(3)25-27-37(33-19-9-8-10-20-33)42-29-15-21-34(17-7-2)43-38-24-14-13-23-36(38)41-39(43)28-26-32(5)40(41)35-22-12-11-18-31(35)4;1-3-4-2/h7-15,17-30H,6,16H2,1-5H3;2-3H2,1H3/b17-7+,27-25+,29-15-,34-21+,42-37-;/t30-;/m1./s1. The van der Waals surface area contributed by atoms with Crippen molar-refractivity contribution in [2.75, 3.05) is 6.54 Å². The highest BCUT2D eigenvalue weighted by Gasteiger charge is 2.18. The molecule has 0 aliphatic heterocycles. The number of benzene rings is 4. The first kappa shape index (κ1) is 34.8. The van der Waals surface area contributed by atoms with Crippen LogP contribution in [-0.2, 0) is 0 Å². The van der Waals surface area contributed by atoms with Gasteiger partial charge in [-0.1, -0.05) is 111 Å². The molecular formula is C44H49N3. The molecular weight excluding hydrogens is 571 g/mol. The Hall–Kier alpha value is -5.02. The summed E-state index contributed by atoms with van der Waals surface area (Å²) in [7, 11) is 0. The minimum Gasteiger partial charge on any atom is -0.309 e. The van der Waals surface area contributed by atoms with E-state index in [1.54, 1.807) is 0 Å². The number of hydrogen-bond donors (Lipinski definition) is 0. The molecule has 0 saturated heterocycles. The maximum Gasteiger partial charge on any atom is 0.0698 e. The molecule has 5 rings (SSSR count). The van der Waals surface area contributed by atoms with Crippen LogP contribution in [0.1, 0.15) is 57.2 Å². The molecule has 5 aromatic rings. The average Bonchev–Trinajstić information content (AvgIpc) is 3.42. The number of nitrogens with zero attached hydrogens (tertiary/aromatic N) is 3. The van der Waals surface area contributed by atoms with E-state index < -0.39 is 0 Å². The molecule has 0 amide bonds. The van der Waals surface area contributed by atoms with E-state index in [0.29, 0.717) is 5.92 Å². The summed E-state index contributed by atoms with van der Waals surface area (Å²) >= 11 is 0. The minimum absolute atomic E-state index is 0.521. The van der Waals surface area contributed by atoms with Crippen molar-refractivity contribution >= 4 is 39.9 Å². The average molecular weight is 620 g/mol. The van der Waals surface area contributed by atoms with Crippen LogP contribution in [0.2, 0.25) is 0 Å². The summed E-state index contributed by atoms with van der Waals surface area (Å²) in [5.74, 6) is 0.521. The lowest BCUT2D eigenvalue weighted by atomic mass is 9.92. The molecule has 47 heavy (non-hydrogen) atoms. The normalized spacial score (nSPS) is 13.1. The molecule has 1 heterocycles. The number of hydrogen-bond acceptors (Lipinski definition) is 2. The van der Waals surface area contributed by atoms with Crippen molar-refractivity contribution in [3.8, 4) is 11.1 Å². The zero-order valence-electron chi connectivity index (χ0n) is 28.9. The van der Waals surface area contributed by atoms with Gasteiger partial charge < -0.3 is 9.56 Å². The zero-order chi connectivity index (χ0) is 33.6. The van der Waals surface area contributed by atoms with E-state index in [-0.39, 0.29) is 0 Å². The highest BCUT2D eigenvalue weighted by Crippen LogP contribution is 2.41. The molecule has 3 nitrogen and oxygen atoms in total. The number of allylic oxidation sites excluding steroid dienone is 7. The Balaban J connectivity index is 0.00000118. The van der Waals surface area contributed by atoms with Gasteiger partial charge in [0, 0.05) is 34.8 Å². The van der Waals surface area contributed by atoms with Crippen LogP contribution < -0.4 is 0 Å². The summed E-state index contributed by atoms with van der Waals surface area (Å²) in [5, 5.41) is 2.55. The molecule has 0 spiro atoms. The summed E-state index contributed by atoms with van der Waals surface area (Å²) in [6.07, 6.45) is 17.2. The van der Waals surface area contributed by atoms with Gasteiger partial charge in [-0.15, -0.1) is 0 Å². The molecule has 0 aliphatic rings. The van der Waals surface area contributed by atoms with Gasteiger partial charge in [0.2, 0.25) is 0 Å². The quantitative estimate of drug-likeness (QED) is 0.104. The summed E-state index contributed by atoms with van der Waals surface area (Å²) in [5.41, 5.74) is 10.7. The third kappa shape index (κ3) is 8.62. The van der Waals surface area contributed by atoms with E-state index in [2.05, 4.69) is 172 Å². The maximum absolute atomic E-state index is 4.91. The molecule has 0 N–H and O–H groups in total. The second-order valence-corrected chi connectivity index (χ2v) is 11.8. The number of rotatable bonds is 11. The third-order valence-electron chi connectivity index (χ3n) is 8.24. The Morgan fingerprint density at radius 1 is 0.830 bits per heavy atom. The van der Waals surface area contributed by atoms with E-state index >= 15 is 0 Å². The number of aromatic nitrogens is 1. The van der Waals surface area contributed by atoms with Crippen molar-refractivity contribution < 1.29 is 0 Å². The van der Waals surface area contributed by atoms with Gasteiger partial charge in [0.25, 0.3) is 0 Å².